The zero-order chi connectivity index (χ0) is 13.1. The van der Waals surface area contributed by atoms with E-state index in [0.29, 0.717) is 25.9 Å². The molecule has 2 rings (SSSR count). The Balaban J connectivity index is 1.99. The number of carbonyl (C=O) groups is 2. The molecular formula is C11H12ClN3O3. The van der Waals surface area contributed by atoms with Crippen LogP contribution in [-0.4, -0.2) is 45.2 Å². The Morgan fingerprint density at radius 1 is 1.28 bits per heavy atom. The van der Waals surface area contributed by atoms with Crippen molar-refractivity contribution >= 4 is 23.5 Å². The van der Waals surface area contributed by atoms with Crippen molar-refractivity contribution in [1.29, 1.82) is 0 Å². The summed E-state index contributed by atoms with van der Waals surface area (Å²) in [6.45, 7) is 0.861. The highest BCUT2D eigenvalue weighted by Gasteiger charge is 2.28. The molecule has 0 aliphatic carbocycles. The van der Waals surface area contributed by atoms with Gasteiger partial charge in [0.05, 0.1) is 5.92 Å². The van der Waals surface area contributed by atoms with E-state index in [1.165, 1.54) is 12.1 Å². The number of aromatic nitrogens is 2. The molecule has 18 heavy (non-hydrogen) atoms. The van der Waals surface area contributed by atoms with Gasteiger partial charge in [0.2, 0.25) is 0 Å². The Morgan fingerprint density at radius 2 is 1.94 bits per heavy atom. The van der Waals surface area contributed by atoms with Crippen molar-refractivity contribution in [2.24, 2.45) is 5.92 Å². The average molecular weight is 270 g/mol. The Labute approximate surface area is 109 Å². The van der Waals surface area contributed by atoms with Gasteiger partial charge in [0.25, 0.3) is 5.91 Å². The summed E-state index contributed by atoms with van der Waals surface area (Å²) in [5.74, 6) is -1.39. The van der Waals surface area contributed by atoms with Crippen LogP contribution in [0.3, 0.4) is 0 Å². The van der Waals surface area contributed by atoms with Crippen molar-refractivity contribution in [2.45, 2.75) is 12.8 Å². The molecule has 6 nitrogen and oxygen atoms in total. The molecule has 96 valence electrons. The Morgan fingerprint density at radius 3 is 2.44 bits per heavy atom. The van der Waals surface area contributed by atoms with Gasteiger partial charge in [-0.15, -0.1) is 10.2 Å². The zero-order valence-electron chi connectivity index (χ0n) is 9.54. The van der Waals surface area contributed by atoms with Crippen molar-refractivity contribution in [3.05, 3.63) is 23.0 Å². The van der Waals surface area contributed by atoms with E-state index in [-0.39, 0.29) is 22.7 Å². The highest BCUT2D eigenvalue weighted by atomic mass is 35.5. The molecule has 1 aliphatic rings. The first-order valence-electron chi connectivity index (χ1n) is 5.59. The molecule has 7 heteroatoms. The summed E-state index contributed by atoms with van der Waals surface area (Å²) in [5.41, 5.74) is 0.230. The quantitative estimate of drug-likeness (QED) is 0.868. The number of hydrogen-bond acceptors (Lipinski definition) is 4. The normalized spacial score (nSPS) is 16.6. The summed E-state index contributed by atoms with van der Waals surface area (Å²) in [6, 6.07) is 3.02. The number of nitrogens with zero attached hydrogens (tertiary/aromatic N) is 3. The summed E-state index contributed by atoms with van der Waals surface area (Å²) in [6.07, 6.45) is 0.949. The van der Waals surface area contributed by atoms with Crippen molar-refractivity contribution in [2.75, 3.05) is 13.1 Å². The fraction of sp³-hybridized carbons (Fsp3) is 0.455. The number of carbonyl (C=O) groups excluding carboxylic acids is 1. The van der Waals surface area contributed by atoms with Gasteiger partial charge in [-0.2, -0.15) is 0 Å². The van der Waals surface area contributed by atoms with Crippen molar-refractivity contribution in [3.63, 3.8) is 0 Å². The smallest absolute Gasteiger partial charge is 0.306 e. The lowest BCUT2D eigenvalue weighted by Gasteiger charge is -2.29. The van der Waals surface area contributed by atoms with Crippen LogP contribution < -0.4 is 0 Å². The number of aliphatic carboxylic acids is 1. The van der Waals surface area contributed by atoms with Crippen LogP contribution >= 0.6 is 11.6 Å². The largest absolute Gasteiger partial charge is 0.481 e. The highest BCUT2D eigenvalue weighted by Crippen LogP contribution is 2.18. The number of halogens is 1. The molecule has 1 fully saturated rings. The van der Waals surface area contributed by atoms with E-state index in [9.17, 15) is 9.59 Å². The SMILES string of the molecule is O=C(O)C1CCN(C(=O)c2ccc(Cl)nn2)CC1. The van der Waals surface area contributed by atoms with Crippen LogP contribution in [0.4, 0.5) is 0 Å². The molecule has 1 aromatic heterocycles. The van der Waals surface area contributed by atoms with Crippen LogP contribution in [0.25, 0.3) is 0 Å². The van der Waals surface area contributed by atoms with Gasteiger partial charge < -0.3 is 10.0 Å². The van der Waals surface area contributed by atoms with E-state index in [1.54, 1.807) is 4.90 Å². The predicted molar refractivity (Wildman–Crippen MR) is 63.3 cm³/mol. The molecule has 1 aromatic rings. The highest BCUT2D eigenvalue weighted by molar-refractivity contribution is 6.29. The molecule has 2 heterocycles. The molecule has 1 aliphatic heterocycles. The third-order valence-corrected chi connectivity index (χ3v) is 3.18. The van der Waals surface area contributed by atoms with Gasteiger partial charge >= 0.3 is 5.97 Å². The summed E-state index contributed by atoms with van der Waals surface area (Å²) in [7, 11) is 0. The molecule has 0 unspecified atom stereocenters. The molecule has 0 atom stereocenters. The van der Waals surface area contributed by atoms with Crippen LogP contribution in [-0.2, 0) is 4.79 Å². The number of hydrogen-bond donors (Lipinski definition) is 1. The van der Waals surface area contributed by atoms with E-state index in [4.69, 9.17) is 16.7 Å². The van der Waals surface area contributed by atoms with Gasteiger partial charge in [-0.3, -0.25) is 9.59 Å². The third kappa shape index (κ3) is 2.76. The summed E-state index contributed by atoms with van der Waals surface area (Å²) < 4.78 is 0. The van der Waals surface area contributed by atoms with Gasteiger partial charge in [-0.1, -0.05) is 11.6 Å². The van der Waals surface area contributed by atoms with E-state index >= 15 is 0 Å². The molecular weight excluding hydrogens is 258 g/mol. The molecule has 1 saturated heterocycles. The second-order valence-corrected chi connectivity index (χ2v) is 4.53. The minimum atomic E-state index is -0.798. The molecule has 0 bridgehead atoms. The maximum atomic E-state index is 12.0. The van der Waals surface area contributed by atoms with E-state index in [2.05, 4.69) is 10.2 Å². The van der Waals surface area contributed by atoms with Gasteiger partial charge in [0.15, 0.2) is 10.8 Å². The molecule has 0 saturated carbocycles. The monoisotopic (exact) mass is 269 g/mol. The van der Waals surface area contributed by atoms with Crippen LogP contribution in [0.1, 0.15) is 23.3 Å². The van der Waals surface area contributed by atoms with E-state index in [1.807, 2.05) is 0 Å². The third-order valence-electron chi connectivity index (χ3n) is 2.98. The Bertz CT molecular complexity index is 455. The average Bonchev–Trinajstić information content (AvgIpc) is 2.39. The lowest BCUT2D eigenvalue weighted by atomic mass is 9.97. The Hall–Kier alpha value is -1.69. The predicted octanol–water partition coefficient (Wildman–Crippen LogP) is 1.07. The number of carboxylic acids is 1. The first kappa shape index (κ1) is 12.8. The topological polar surface area (TPSA) is 83.4 Å². The minimum Gasteiger partial charge on any atom is -0.481 e. The molecule has 0 radical (unpaired) electrons. The van der Waals surface area contributed by atoms with Gasteiger partial charge in [0.1, 0.15) is 0 Å². The number of likely N-dealkylation sites (tertiary alicyclic amines) is 1. The maximum Gasteiger partial charge on any atom is 0.306 e. The Kier molecular flexibility index (Phi) is 3.76. The first-order valence-corrected chi connectivity index (χ1v) is 5.97. The van der Waals surface area contributed by atoms with Crippen LogP contribution in [0.15, 0.2) is 12.1 Å². The molecule has 1 N–H and O–H groups in total. The van der Waals surface area contributed by atoms with Crippen LogP contribution in [0, 0.1) is 5.92 Å². The zero-order valence-corrected chi connectivity index (χ0v) is 10.3. The second-order valence-electron chi connectivity index (χ2n) is 4.15. The number of amides is 1. The number of carboxylic acid groups (broad SMARTS) is 1. The minimum absolute atomic E-state index is 0.230. The summed E-state index contributed by atoms with van der Waals surface area (Å²) in [5, 5.41) is 16.4. The number of piperidine rings is 1. The van der Waals surface area contributed by atoms with Crippen molar-refractivity contribution in [3.8, 4) is 0 Å². The fourth-order valence-corrected chi connectivity index (χ4v) is 2.02. The number of rotatable bonds is 2. The fourth-order valence-electron chi connectivity index (χ4n) is 1.92. The van der Waals surface area contributed by atoms with E-state index < -0.39 is 5.97 Å². The van der Waals surface area contributed by atoms with Crippen molar-refractivity contribution in [1.82, 2.24) is 15.1 Å². The summed E-state index contributed by atoms with van der Waals surface area (Å²) in [4.78, 5) is 24.4. The molecule has 1 amide bonds. The lowest BCUT2D eigenvalue weighted by Crippen LogP contribution is -2.40. The van der Waals surface area contributed by atoms with Gasteiger partial charge in [-0.05, 0) is 25.0 Å². The van der Waals surface area contributed by atoms with Crippen LogP contribution in [0.2, 0.25) is 5.15 Å². The molecule has 0 aromatic carbocycles. The standard InChI is InChI=1S/C11H12ClN3O3/c12-9-2-1-8(13-14-9)10(16)15-5-3-7(4-6-15)11(17)18/h1-2,7H,3-6H2,(H,17,18). The first-order chi connectivity index (χ1) is 8.58. The summed E-state index contributed by atoms with van der Waals surface area (Å²) >= 11 is 5.59. The van der Waals surface area contributed by atoms with Crippen LogP contribution in [0.5, 0.6) is 0 Å². The maximum absolute atomic E-state index is 12.0. The van der Waals surface area contributed by atoms with E-state index in [0.717, 1.165) is 0 Å². The molecule has 0 spiro atoms. The van der Waals surface area contributed by atoms with Crippen molar-refractivity contribution < 1.29 is 14.7 Å². The second kappa shape index (κ2) is 5.30. The van der Waals surface area contributed by atoms with Gasteiger partial charge in [-0.25, -0.2) is 0 Å². The lowest BCUT2D eigenvalue weighted by molar-refractivity contribution is -0.143. The van der Waals surface area contributed by atoms with Gasteiger partial charge in [0, 0.05) is 13.1 Å².